The summed E-state index contributed by atoms with van der Waals surface area (Å²) in [6.45, 7) is 4.66. The Morgan fingerprint density at radius 3 is 2.31 bits per heavy atom. The van der Waals surface area contributed by atoms with Crippen molar-refractivity contribution in [2.24, 2.45) is 0 Å². The van der Waals surface area contributed by atoms with Gasteiger partial charge in [-0.3, -0.25) is 4.79 Å². The van der Waals surface area contributed by atoms with Crippen LogP contribution in [0.4, 0.5) is 0 Å². The lowest BCUT2D eigenvalue weighted by Crippen LogP contribution is -2.46. The number of carbonyl (C=O) groups is 1. The summed E-state index contributed by atoms with van der Waals surface area (Å²) in [5.41, 5.74) is 0.553. The van der Waals surface area contributed by atoms with Crippen molar-refractivity contribution in [3.63, 3.8) is 0 Å². The zero-order valence-corrected chi connectivity index (χ0v) is 16.7. The van der Waals surface area contributed by atoms with Gasteiger partial charge < -0.3 is 10.2 Å². The van der Waals surface area contributed by atoms with Gasteiger partial charge >= 0.3 is 0 Å². The third-order valence-electron chi connectivity index (χ3n) is 4.79. The van der Waals surface area contributed by atoms with Crippen LogP contribution in [0.3, 0.4) is 0 Å². The first kappa shape index (κ1) is 21.2. The number of rotatable bonds is 7. The molecule has 0 aromatic heterocycles. The largest absolute Gasteiger partial charge is 0.336 e. The molecule has 1 saturated heterocycles. The molecule has 1 saturated carbocycles. The average Bonchev–Trinajstić information content (AvgIpc) is 3.43. The third kappa shape index (κ3) is 5.19. The van der Waals surface area contributed by atoms with Crippen LogP contribution >= 0.6 is 12.4 Å². The molecule has 1 aliphatic carbocycles. The number of hydrogen-bond acceptors (Lipinski definition) is 4. The Bertz CT molecular complexity index is 699. The second kappa shape index (κ2) is 9.17. The Kier molecular flexibility index (Phi) is 7.46. The van der Waals surface area contributed by atoms with Gasteiger partial charge in [-0.05, 0) is 69.5 Å². The Morgan fingerprint density at radius 2 is 1.77 bits per heavy atom. The van der Waals surface area contributed by atoms with Crippen molar-refractivity contribution in [1.82, 2.24) is 14.9 Å². The molecule has 1 aromatic rings. The van der Waals surface area contributed by atoms with Crippen molar-refractivity contribution in [1.29, 1.82) is 0 Å². The lowest BCUT2D eigenvalue weighted by Gasteiger charge is -2.34. The highest BCUT2D eigenvalue weighted by atomic mass is 35.5. The number of carbonyl (C=O) groups excluding carboxylic acids is 1. The van der Waals surface area contributed by atoms with Crippen LogP contribution in [0, 0.1) is 0 Å². The number of piperidine rings is 1. The van der Waals surface area contributed by atoms with Gasteiger partial charge in [0.05, 0.1) is 4.90 Å². The fourth-order valence-corrected chi connectivity index (χ4v) is 4.55. The zero-order valence-electron chi connectivity index (χ0n) is 15.1. The van der Waals surface area contributed by atoms with Crippen LogP contribution in [0.1, 0.15) is 49.4 Å². The van der Waals surface area contributed by atoms with Gasteiger partial charge in [-0.1, -0.05) is 6.92 Å². The fourth-order valence-electron chi connectivity index (χ4n) is 3.24. The first-order valence-corrected chi connectivity index (χ1v) is 10.6. The summed E-state index contributed by atoms with van der Waals surface area (Å²) in [6.07, 6.45) is 4.64. The van der Waals surface area contributed by atoms with Crippen LogP contribution in [-0.2, 0) is 10.0 Å². The number of nitrogens with zero attached hydrogens (tertiary/aromatic N) is 1. The normalized spacial score (nSPS) is 18.2. The molecule has 1 heterocycles. The number of halogens is 1. The van der Waals surface area contributed by atoms with Gasteiger partial charge in [0.15, 0.2) is 0 Å². The van der Waals surface area contributed by atoms with E-state index >= 15 is 0 Å². The standard InChI is InChI=1S/C18H27N3O3S.ClH/c1-2-13-21(16-9-11-19-12-10-16)18(22)14-3-7-17(8-4-14)25(23,24)20-15-5-6-15;/h3-4,7-8,15-16,19-20H,2,5-6,9-13H2,1H3;1H. The highest BCUT2D eigenvalue weighted by molar-refractivity contribution is 7.89. The van der Waals surface area contributed by atoms with E-state index in [0.29, 0.717) is 5.56 Å². The van der Waals surface area contributed by atoms with Crippen LogP contribution in [0.15, 0.2) is 29.2 Å². The van der Waals surface area contributed by atoms with Crippen molar-refractivity contribution in [2.45, 2.75) is 56.0 Å². The quantitative estimate of drug-likeness (QED) is 0.733. The Hall–Kier alpha value is -1.15. The van der Waals surface area contributed by atoms with Crippen LogP contribution < -0.4 is 10.0 Å². The Morgan fingerprint density at radius 1 is 1.15 bits per heavy atom. The number of sulfonamides is 1. The molecule has 2 N–H and O–H groups in total. The predicted molar refractivity (Wildman–Crippen MR) is 104 cm³/mol. The fraction of sp³-hybridized carbons (Fsp3) is 0.611. The summed E-state index contributed by atoms with van der Waals surface area (Å²) < 4.78 is 27.1. The summed E-state index contributed by atoms with van der Waals surface area (Å²) >= 11 is 0. The van der Waals surface area contributed by atoms with Crippen molar-refractivity contribution >= 4 is 28.3 Å². The van der Waals surface area contributed by atoms with E-state index in [1.807, 2.05) is 4.90 Å². The molecule has 0 unspecified atom stereocenters. The molecule has 1 aromatic carbocycles. The van der Waals surface area contributed by atoms with E-state index in [4.69, 9.17) is 0 Å². The van der Waals surface area contributed by atoms with E-state index in [0.717, 1.165) is 51.7 Å². The second-order valence-electron chi connectivity index (χ2n) is 6.90. The van der Waals surface area contributed by atoms with Gasteiger partial charge in [0, 0.05) is 24.2 Å². The molecule has 6 nitrogen and oxygen atoms in total. The lowest BCUT2D eigenvalue weighted by molar-refractivity contribution is 0.0642. The highest BCUT2D eigenvalue weighted by Crippen LogP contribution is 2.23. The summed E-state index contributed by atoms with van der Waals surface area (Å²) in [5, 5.41) is 3.32. The Balaban J connectivity index is 0.00000243. The van der Waals surface area contributed by atoms with E-state index in [2.05, 4.69) is 17.0 Å². The maximum Gasteiger partial charge on any atom is 0.254 e. The first-order chi connectivity index (χ1) is 12.0. The van der Waals surface area contributed by atoms with E-state index in [1.54, 1.807) is 12.1 Å². The van der Waals surface area contributed by atoms with E-state index in [9.17, 15) is 13.2 Å². The van der Waals surface area contributed by atoms with Crippen LogP contribution in [-0.4, -0.2) is 50.9 Å². The minimum absolute atomic E-state index is 0. The monoisotopic (exact) mass is 401 g/mol. The molecule has 8 heteroatoms. The number of benzene rings is 1. The van der Waals surface area contributed by atoms with Gasteiger partial charge in [-0.2, -0.15) is 0 Å². The second-order valence-corrected chi connectivity index (χ2v) is 8.61. The topological polar surface area (TPSA) is 78.5 Å². The van der Waals surface area contributed by atoms with Crippen LogP contribution in [0.5, 0.6) is 0 Å². The van der Waals surface area contributed by atoms with Gasteiger partial charge in [-0.25, -0.2) is 13.1 Å². The molecule has 1 amide bonds. The van der Waals surface area contributed by atoms with Gasteiger partial charge in [0.2, 0.25) is 10.0 Å². The molecular weight excluding hydrogens is 374 g/mol. The number of nitrogens with one attached hydrogen (secondary N) is 2. The van der Waals surface area contributed by atoms with E-state index < -0.39 is 10.0 Å². The van der Waals surface area contributed by atoms with Crippen molar-refractivity contribution in [3.8, 4) is 0 Å². The SMILES string of the molecule is CCCN(C(=O)c1ccc(S(=O)(=O)NC2CC2)cc1)C1CCNCC1.Cl. The van der Waals surface area contributed by atoms with Gasteiger partial charge in [0.1, 0.15) is 0 Å². The molecule has 0 spiro atoms. The first-order valence-electron chi connectivity index (χ1n) is 9.15. The van der Waals surface area contributed by atoms with Crippen molar-refractivity contribution in [3.05, 3.63) is 29.8 Å². The van der Waals surface area contributed by atoms with E-state index in [1.165, 1.54) is 12.1 Å². The molecule has 26 heavy (non-hydrogen) atoms. The maximum absolute atomic E-state index is 12.9. The van der Waals surface area contributed by atoms with E-state index in [-0.39, 0.29) is 35.3 Å². The maximum atomic E-state index is 12.9. The molecule has 0 atom stereocenters. The Labute approximate surface area is 162 Å². The van der Waals surface area contributed by atoms with Crippen molar-refractivity contribution in [2.75, 3.05) is 19.6 Å². The van der Waals surface area contributed by atoms with Gasteiger partial charge in [0.25, 0.3) is 5.91 Å². The summed E-state index contributed by atoms with van der Waals surface area (Å²) in [6, 6.07) is 6.66. The lowest BCUT2D eigenvalue weighted by atomic mass is 10.0. The molecule has 2 aliphatic rings. The molecule has 3 rings (SSSR count). The molecule has 1 aliphatic heterocycles. The zero-order chi connectivity index (χ0) is 17.9. The molecule has 2 fully saturated rings. The number of hydrogen-bond donors (Lipinski definition) is 2. The third-order valence-corrected chi connectivity index (χ3v) is 6.32. The summed E-state index contributed by atoms with van der Waals surface area (Å²) in [5.74, 6) is -0.00662. The van der Waals surface area contributed by atoms with Crippen LogP contribution in [0.2, 0.25) is 0 Å². The minimum atomic E-state index is -3.47. The average molecular weight is 402 g/mol. The smallest absolute Gasteiger partial charge is 0.254 e. The molecular formula is C18H28ClN3O3S. The van der Waals surface area contributed by atoms with Gasteiger partial charge in [-0.15, -0.1) is 12.4 Å². The molecule has 0 bridgehead atoms. The number of amides is 1. The highest BCUT2D eigenvalue weighted by Gasteiger charge is 2.29. The molecule has 146 valence electrons. The summed E-state index contributed by atoms with van der Waals surface area (Å²) in [7, 11) is -3.47. The summed E-state index contributed by atoms with van der Waals surface area (Å²) in [4.78, 5) is 15.1. The van der Waals surface area contributed by atoms with Crippen molar-refractivity contribution < 1.29 is 13.2 Å². The predicted octanol–water partition coefficient (Wildman–Crippen LogP) is 2.15. The minimum Gasteiger partial charge on any atom is -0.336 e. The molecule has 0 radical (unpaired) electrons. The van der Waals surface area contributed by atoms with Crippen LogP contribution in [0.25, 0.3) is 0 Å².